The molecule has 0 bridgehead atoms. The van der Waals surface area contributed by atoms with E-state index in [1.54, 1.807) is 0 Å². The number of nitrogen functional groups attached to an aromatic ring is 1. The number of nitrogens with zero attached hydrogens (tertiary/aromatic N) is 2. The second-order valence-electron chi connectivity index (χ2n) is 6.22. The summed E-state index contributed by atoms with van der Waals surface area (Å²) < 4.78 is 2.14. The Morgan fingerprint density at radius 2 is 1.95 bits per heavy atom. The lowest BCUT2D eigenvalue weighted by Gasteiger charge is -2.32. The van der Waals surface area contributed by atoms with Crippen LogP contribution in [0.3, 0.4) is 0 Å². The first kappa shape index (κ1) is 13.2. The van der Waals surface area contributed by atoms with Gasteiger partial charge in [0.25, 0.3) is 0 Å². The molecule has 1 aromatic carbocycles. The molecule has 0 saturated heterocycles. The van der Waals surface area contributed by atoms with E-state index in [1.165, 1.54) is 19.3 Å². The van der Waals surface area contributed by atoms with Gasteiger partial charge in [-0.15, -0.1) is 0 Å². The van der Waals surface area contributed by atoms with Crippen LogP contribution in [-0.4, -0.2) is 9.78 Å². The third kappa shape index (κ3) is 2.45. The van der Waals surface area contributed by atoms with Gasteiger partial charge in [0.15, 0.2) is 0 Å². The van der Waals surface area contributed by atoms with Crippen molar-refractivity contribution in [3.63, 3.8) is 0 Å². The smallest absolute Gasteiger partial charge is 0.0569 e. The Morgan fingerprint density at radius 3 is 2.70 bits per heavy atom. The highest BCUT2D eigenvalue weighted by Gasteiger charge is 2.26. The van der Waals surface area contributed by atoms with Crippen LogP contribution in [0.5, 0.6) is 0 Å². The van der Waals surface area contributed by atoms with Gasteiger partial charge in [-0.05, 0) is 37.2 Å². The van der Waals surface area contributed by atoms with E-state index in [0.717, 1.165) is 28.7 Å². The Hall–Kier alpha value is -1.77. The minimum absolute atomic E-state index is 0.542. The molecule has 3 atom stereocenters. The molecule has 0 spiro atoms. The molecule has 1 aromatic heterocycles. The fourth-order valence-electron chi connectivity index (χ4n) is 3.20. The summed E-state index contributed by atoms with van der Waals surface area (Å²) in [7, 11) is 0. The molecule has 106 valence electrons. The second-order valence-corrected chi connectivity index (χ2v) is 6.22. The molecule has 3 rings (SSSR count). The summed E-state index contributed by atoms with van der Waals surface area (Å²) >= 11 is 0. The van der Waals surface area contributed by atoms with Gasteiger partial charge in [0.1, 0.15) is 0 Å². The number of hydrogen-bond donors (Lipinski definition) is 1. The van der Waals surface area contributed by atoms with Crippen LogP contribution in [0.4, 0.5) is 5.69 Å². The number of anilines is 1. The van der Waals surface area contributed by atoms with Gasteiger partial charge in [-0.3, -0.25) is 4.68 Å². The van der Waals surface area contributed by atoms with Crippen LogP contribution in [0.25, 0.3) is 11.1 Å². The third-order valence-corrected chi connectivity index (χ3v) is 4.82. The molecule has 3 unspecified atom stereocenters. The molecule has 1 fully saturated rings. The number of nitrogens with two attached hydrogens (primary N) is 1. The molecule has 1 aliphatic rings. The van der Waals surface area contributed by atoms with Crippen molar-refractivity contribution in [2.45, 2.75) is 39.2 Å². The van der Waals surface area contributed by atoms with Crippen LogP contribution in [0.2, 0.25) is 0 Å². The van der Waals surface area contributed by atoms with Gasteiger partial charge in [-0.1, -0.05) is 32.0 Å². The summed E-state index contributed by atoms with van der Waals surface area (Å²) in [6.07, 6.45) is 7.85. The van der Waals surface area contributed by atoms with E-state index in [1.807, 2.05) is 24.4 Å². The molecule has 2 N–H and O–H groups in total. The molecule has 1 aliphatic carbocycles. The normalized spacial score (nSPS) is 26.6. The Balaban J connectivity index is 1.82. The zero-order valence-corrected chi connectivity index (χ0v) is 12.3. The van der Waals surface area contributed by atoms with Gasteiger partial charge >= 0.3 is 0 Å². The largest absolute Gasteiger partial charge is 0.398 e. The lowest BCUT2D eigenvalue weighted by Crippen LogP contribution is -2.23. The predicted octanol–water partition coefficient (Wildman–Crippen LogP) is 4.13. The van der Waals surface area contributed by atoms with Crippen LogP contribution in [-0.2, 0) is 0 Å². The maximum absolute atomic E-state index is 6.04. The van der Waals surface area contributed by atoms with Crippen LogP contribution in [0.1, 0.15) is 39.2 Å². The Morgan fingerprint density at radius 1 is 1.15 bits per heavy atom. The van der Waals surface area contributed by atoms with Gasteiger partial charge in [-0.2, -0.15) is 5.10 Å². The molecule has 20 heavy (non-hydrogen) atoms. The molecule has 3 nitrogen and oxygen atoms in total. The fraction of sp³-hybridized carbons (Fsp3) is 0.471. The highest BCUT2D eigenvalue weighted by molar-refractivity contribution is 5.75. The van der Waals surface area contributed by atoms with Crippen molar-refractivity contribution in [1.29, 1.82) is 0 Å². The standard InChI is InChI=1S/C17H23N3/c1-12-7-8-15(9-13(12)2)20-11-14(10-19-20)16-5-3-4-6-17(16)18/h3-6,10-13,15H,7-9,18H2,1-2H3. The number of rotatable bonds is 2. The van der Waals surface area contributed by atoms with Crippen molar-refractivity contribution in [3.8, 4) is 11.1 Å². The van der Waals surface area contributed by atoms with Crippen LogP contribution >= 0.6 is 0 Å². The SMILES string of the molecule is CC1CCC(n2cc(-c3ccccc3N)cn2)CC1C. The second kappa shape index (κ2) is 5.31. The molecule has 0 amide bonds. The maximum atomic E-state index is 6.04. The van der Waals surface area contributed by atoms with E-state index in [0.29, 0.717) is 6.04 Å². The summed E-state index contributed by atoms with van der Waals surface area (Å²) in [5.74, 6) is 1.62. The molecule has 0 aliphatic heterocycles. The van der Waals surface area contributed by atoms with Crippen molar-refractivity contribution >= 4 is 5.69 Å². The monoisotopic (exact) mass is 269 g/mol. The molecule has 1 saturated carbocycles. The summed E-state index contributed by atoms with van der Waals surface area (Å²) in [5, 5.41) is 4.58. The summed E-state index contributed by atoms with van der Waals surface area (Å²) in [6.45, 7) is 4.72. The lowest BCUT2D eigenvalue weighted by atomic mass is 9.79. The molecule has 2 aromatic rings. The zero-order chi connectivity index (χ0) is 14.1. The summed E-state index contributed by atoms with van der Waals surface area (Å²) in [5.41, 5.74) is 9.06. The predicted molar refractivity (Wildman–Crippen MR) is 83.3 cm³/mol. The first-order valence-electron chi connectivity index (χ1n) is 7.54. The third-order valence-electron chi connectivity index (χ3n) is 4.82. The topological polar surface area (TPSA) is 43.8 Å². The maximum Gasteiger partial charge on any atom is 0.0569 e. The minimum Gasteiger partial charge on any atom is -0.398 e. The van der Waals surface area contributed by atoms with Gasteiger partial charge in [-0.25, -0.2) is 0 Å². The van der Waals surface area contributed by atoms with E-state index in [2.05, 4.69) is 35.9 Å². The van der Waals surface area contributed by atoms with Crippen molar-refractivity contribution in [2.75, 3.05) is 5.73 Å². The molecular weight excluding hydrogens is 246 g/mol. The van der Waals surface area contributed by atoms with Gasteiger partial charge in [0.05, 0.1) is 12.2 Å². The van der Waals surface area contributed by atoms with E-state index >= 15 is 0 Å². The highest BCUT2D eigenvalue weighted by Crippen LogP contribution is 2.36. The van der Waals surface area contributed by atoms with Crippen LogP contribution < -0.4 is 5.73 Å². The molecule has 1 heterocycles. The van der Waals surface area contributed by atoms with Crippen molar-refractivity contribution < 1.29 is 0 Å². The highest BCUT2D eigenvalue weighted by atomic mass is 15.3. The van der Waals surface area contributed by atoms with E-state index in [4.69, 9.17) is 5.73 Å². The minimum atomic E-state index is 0.542. The first-order valence-corrected chi connectivity index (χ1v) is 7.54. The summed E-state index contributed by atoms with van der Waals surface area (Å²) in [6, 6.07) is 8.53. The fourth-order valence-corrected chi connectivity index (χ4v) is 3.20. The number of para-hydroxylation sites is 1. The van der Waals surface area contributed by atoms with E-state index in [9.17, 15) is 0 Å². The van der Waals surface area contributed by atoms with Crippen molar-refractivity contribution in [3.05, 3.63) is 36.7 Å². The average molecular weight is 269 g/mol. The van der Waals surface area contributed by atoms with Gasteiger partial charge in [0, 0.05) is 23.0 Å². The number of benzene rings is 1. The molecule has 0 radical (unpaired) electrons. The lowest BCUT2D eigenvalue weighted by molar-refractivity contribution is 0.201. The van der Waals surface area contributed by atoms with E-state index in [-0.39, 0.29) is 0 Å². The van der Waals surface area contributed by atoms with Gasteiger partial charge in [0.2, 0.25) is 0 Å². The van der Waals surface area contributed by atoms with Crippen molar-refractivity contribution in [2.24, 2.45) is 11.8 Å². The summed E-state index contributed by atoms with van der Waals surface area (Å²) in [4.78, 5) is 0. The average Bonchev–Trinajstić information content (AvgIpc) is 2.92. The van der Waals surface area contributed by atoms with Crippen molar-refractivity contribution in [1.82, 2.24) is 9.78 Å². The Labute approximate surface area is 120 Å². The molecule has 3 heteroatoms. The van der Waals surface area contributed by atoms with Crippen LogP contribution in [0, 0.1) is 11.8 Å². The van der Waals surface area contributed by atoms with Crippen LogP contribution in [0.15, 0.2) is 36.7 Å². The Bertz CT molecular complexity index is 587. The van der Waals surface area contributed by atoms with Gasteiger partial charge < -0.3 is 5.73 Å². The number of aromatic nitrogens is 2. The number of hydrogen-bond acceptors (Lipinski definition) is 2. The quantitative estimate of drug-likeness (QED) is 0.833. The Kier molecular flexibility index (Phi) is 3.51. The first-order chi connectivity index (χ1) is 9.65. The molecular formula is C17H23N3. The zero-order valence-electron chi connectivity index (χ0n) is 12.3. The van der Waals surface area contributed by atoms with E-state index < -0.39 is 0 Å².